The van der Waals surface area contributed by atoms with Gasteiger partial charge in [-0.1, -0.05) is 0 Å². The zero-order chi connectivity index (χ0) is 13.1. The molecule has 1 fully saturated rings. The second-order valence-electron chi connectivity index (χ2n) is 4.49. The first-order valence-electron chi connectivity index (χ1n) is 5.46. The van der Waals surface area contributed by atoms with Gasteiger partial charge < -0.3 is 21.3 Å². The third-order valence-electron chi connectivity index (χ3n) is 2.64. The normalized spacial score (nSPS) is 16.5. The largest absolute Gasteiger partial charge is 0.368 e. The number of hydrogen-bond acceptors (Lipinski definition) is 4. The number of nitrogens with two attached hydrogens (primary N) is 1. The van der Waals surface area contributed by atoms with E-state index in [-0.39, 0.29) is 0 Å². The van der Waals surface area contributed by atoms with E-state index in [0.717, 1.165) is 0 Å². The molecule has 1 heterocycles. The molecule has 0 unspecified atom stereocenters. The highest BCUT2D eigenvalue weighted by molar-refractivity contribution is 6.35. The molecule has 0 atom stereocenters. The van der Waals surface area contributed by atoms with Gasteiger partial charge in [0.1, 0.15) is 5.54 Å². The Kier molecular flexibility index (Phi) is 4.06. The maximum atomic E-state index is 11.7. The fraction of sp³-hybridized carbons (Fsp3) is 0.700. The van der Waals surface area contributed by atoms with E-state index in [1.165, 1.54) is 18.7 Å². The molecule has 0 aromatic carbocycles. The molecule has 1 rings (SSSR count). The quantitative estimate of drug-likeness (QED) is 0.478. The van der Waals surface area contributed by atoms with Crippen LogP contribution in [-0.4, -0.2) is 54.3 Å². The Morgan fingerprint density at radius 1 is 1.24 bits per heavy atom. The molecule has 0 saturated carbocycles. The van der Waals surface area contributed by atoms with Crippen molar-refractivity contribution in [3.05, 3.63) is 0 Å². The molecule has 4 N–H and O–H groups in total. The fourth-order valence-corrected chi connectivity index (χ4v) is 1.41. The van der Waals surface area contributed by atoms with Crippen LogP contribution in [0.5, 0.6) is 0 Å². The SMILES string of the molecule is CC(C)(NC(=O)C(=O)N1CCNCC1)C(N)=O. The van der Waals surface area contributed by atoms with Crippen LogP contribution in [0.3, 0.4) is 0 Å². The van der Waals surface area contributed by atoms with Gasteiger partial charge in [0.15, 0.2) is 0 Å². The Labute approximate surface area is 99.7 Å². The molecule has 3 amide bonds. The van der Waals surface area contributed by atoms with E-state index in [1.807, 2.05) is 0 Å². The van der Waals surface area contributed by atoms with Gasteiger partial charge in [0.2, 0.25) is 5.91 Å². The van der Waals surface area contributed by atoms with Crippen LogP contribution < -0.4 is 16.4 Å². The van der Waals surface area contributed by atoms with E-state index >= 15 is 0 Å². The summed E-state index contributed by atoms with van der Waals surface area (Å²) in [7, 11) is 0. The predicted octanol–water partition coefficient (Wildman–Crippen LogP) is -2.20. The number of carbonyl (C=O) groups excluding carboxylic acids is 3. The van der Waals surface area contributed by atoms with Gasteiger partial charge in [-0.2, -0.15) is 0 Å². The lowest BCUT2D eigenvalue weighted by Crippen LogP contribution is -2.58. The lowest BCUT2D eigenvalue weighted by atomic mass is 10.1. The number of hydrogen-bond donors (Lipinski definition) is 3. The van der Waals surface area contributed by atoms with Gasteiger partial charge in [-0.15, -0.1) is 0 Å². The Hall–Kier alpha value is -1.63. The average molecular weight is 242 g/mol. The maximum absolute atomic E-state index is 11.7. The van der Waals surface area contributed by atoms with Crippen molar-refractivity contribution in [1.82, 2.24) is 15.5 Å². The monoisotopic (exact) mass is 242 g/mol. The summed E-state index contributed by atoms with van der Waals surface area (Å²) >= 11 is 0. The first kappa shape index (κ1) is 13.4. The third kappa shape index (κ3) is 3.42. The van der Waals surface area contributed by atoms with Gasteiger partial charge in [-0.25, -0.2) is 0 Å². The predicted molar refractivity (Wildman–Crippen MR) is 60.9 cm³/mol. The van der Waals surface area contributed by atoms with Crippen molar-refractivity contribution < 1.29 is 14.4 Å². The van der Waals surface area contributed by atoms with Crippen molar-refractivity contribution in [2.75, 3.05) is 26.2 Å². The molecular formula is C10H18N4O3. The highest BCUT2D eigenvalue weighted by atomic mass is 16.2. The molecule has 1 aliphatic heterocycles. The lowest BCUT2D eigenvalue weighted by Gasteiger charge is -2.28. The molecule has 0 spiro atoms. The zero-order valence-corrected chi connectivity index (χ0v) is 10.1. The van der Waals surface area contributed by atoms with Crippen LogP contribution in [0.4, 0.5) is 0 Å². The molecule has 0 aromatic rings. The third-order valence-corrected chi connectivity index (χ3v) is 2.64. The smallest absolute Gasteiger partial charge is 0.311 e. The van der Waals surface area contributed by atoms with Crippen LogP contribution >= 0.6 is 0 Å². The number of nitrogens with one attached hydrogen (secondary N) is 2. The number of amides is 3. The van der Waals surface area contributed by atoms with E-state index < -0.39 is 23.3 Å². The summed E-state index contributed by atoms with van der Waals surface area (Å²) in [6, 6.07) is 0. The second kappa shape index (κ2) is 5.13. The van der Waals surface area contributed by atoms with E-state index in [0.29, 0.717) is 26.2 Å². The molecule has 0 radical (unpaired) electrons. The highest BCUT2D eigenvalue weighted by Crippen LogP contribution is 2.01. The Balaban J connectivity index is 2.58. The van der Waals surface area contributed by atoms with Gasteiger partial charge >= 0.3 is 11.8 Å². The van der Waals surface area contributed by atoms with Crippen molar-refractivity contribution in [3.63, 3.8) is 0 Å². The molecular weight excluding hydrogens is 224 g/mol. The number of piperazine rings is 1. The maximum Gasteiger partial charge on any atom is 0.311 e. The standard InChI is InChI=1S/C10H18N4O3/c1-10(2,9(11)17)13-7(15)8(16)14-5-3-12-4-6-14/h12H,3-6H2,1-2H3,(H2,11,17)(H,13,15). The first-order valence-corrected chi connectivity index (χ1v) is 5.46. The van der Waals surface area contributed by atoms with E-state index in [9.17, 15) is 14.4 Å². The minimum Gasteiger partial charge on any atom is -0.368 e. The molecule has 7 nitrogen and oxygen atoms in total. The van der Waals surface area contributed by atoms with Gasteiger partial charge in [-0.3, -0.25) is 14.4 Å². The van der Waals surface area contributed by atoms with Crippen LogP contribution in [-0.2, 0) is 14.4 Å². The number of primary amides is 1. The molecule has 7 heteroatoms. The van der Waals surface area contributed by atoms with E-state index in [2.05, 4.69) is 10.6 Å². The number of carbonyl (C=O) groups is 3. The minimum absolute atomic E-state index is 0.489. The van der Waals surface area contributed by atoms with Gasteiger partial charge in [0.25, 0.3) is 0 Å². The van der Waals surface area contributed by atoms with Crippen LogP contribution in [0.2, 0.25) is 0 Å². The van der Waals surface area contributed by atoms with E-state index in [1.54, 1.807) is 0 Å². The Bertz CT molecular complexity index is 334. The van der Waals surface area contributed by atoms with Crippen molar-refractivity contribution in [2.24, 2.45) is 5.73 Å². The minimum atomic E-state index is -1.22. The van der Waals surface area contributed by atoms with Crippen LogP contribution in [0.1, 0.15) is 13.8 Å². The van der Waals surface area contributed by atoms with Crippen molar-refractivity contribution in [2.45, 2.75) is 19.4 Å². The summed E-state index contributed by atoms with van der Waals surface area (Å²) in [5, 5.41) is 5.40. The van der Waals surface area contributed by atoms with Gasteiger partial charge in [0.05, 0.1) is 0 Å². The Morgan fingerprint density at radius 3 is 2.24 bits per heavy atom. The summed E-state index contributed by atoms with van der Waals surface area (Å²) in [5.41, 5.74) is 3.89. The molecule has 0 aromatic heterocycles. The molecule has 17 heavy (non-hydrogen) atoms. The zero-order valence-electron chi connectivity index (χ0n) is 10.1. The van der Waals surface area contributed by atoms with Crippen molar-refractivity contribution in [1.29, 1.82) is 0 Å². The van der Waals surface area contributed by atoms with Crippen molar-refractivity contribution in [3.8, 4) is 0 Å². The Morgan fingerprint density at radius 2 is 1.76 bits per heavy atom. The van der Waals surface area contributed by atoms with Crippen molar-refractivity contribution >= 4 is 17.7 Å². The summed E-state index contributed by atoms with van der Waals surface area (Å²) in [5.74, 6) is -2.10. The van der Waals surface area contributed by atoms with Crippen LogP contribution in [0.15, 0.2) is 0 Å². The van der Waals surface area contributed by atoms with Crippen LogP contribution in [0.25, 0.3) is 0 Å². The average Bonchev–Trinajstić information content (AvgIpc) is 2.28. The topological polar surface area (TPSA) is 105 Å². The van der Waals surface area contributed by atoms with E-state index in [4.69, 9.17) is 5.73 Å². The van der Waals surface area contributed by atoms with Gasteiger partial charge in [-0.05, 0) is 13.8 Å². The second-order valence-corrected chi connectivity index (χ2v) is 4.49. The highest BCUT2D eigenvalue weighted by Gasteiger charge is 2.31. The number of nitrogens with zero attached hydrogens (tertiary/aromatic N) is 1. The molecule has 0 aliphatic carbocycles. The summed E-state index contributed by atoms with van der Waals surface area (Å²) in [6.45, 7) is 5.22. The first-order chi connectivity index (χ1) is 7.84. The fourth-order valence-electron chi connectivity index (χ4n) is 1.41. The van der Waals surface area contributed by atoms with Crippen LogP contribution in [0, 0.1) is 0 Å². The molecule has 1 aliphatic rings. The lowest BCUT2D eigenvalue weighted by molar-refractivity contribution is -0.147. The molecule has 96 valence electrons. The summed E-state index contributed by atoms with van der Waals surface area (Å²) < 4.78 is 0. The molecule has 0 bridgehead atoms. The summed E-state index contributed by atoms with van der Waals surface area (Å²) in [6.07, 6.45) is 0. The summed E-state index contributed by atoms with van der Waals surface area (Å²) in [4.78, 5) is 35.8. The van der Waals surface area contributed by atoms with Gasteiger partial charge in [0, 0.05) is 26.2 Å². The molecule has 1 saturated heterocycles. The number of rotatable bonds is 2.